The number of benzene rings is 1. The molecule has 0 saturated carbocycles. The number of alkyl carbamates (subject to hydrolysis) is 1. The first-order chi connectivity index (χ1) is 25.9. The van der Waals surface area contributed by atoms with Crippen LogP contribution in [-0.4, -0.2) is 114 Å². The summed E-state index contributed by atoms with van der Waals surface area (Å²) >= 11 is 0. The standard InChI is InChI=1S/C38H60F3N5O9S/c1-12-23(4)31(45(9)34(49)30(22(2)3)43-36(51)55-37(6,7)8)28(53-10)20-29(47)46-19-13-14-27(46)32(54-11)24(5)33(48)44-56(52)21-25-15-17-26(18-16-25)42-35(50)38(39,40)41/h15-18,22-24,27-28,30-32H,12-14,19-21H2,1-11H3,(H,42,50)(H,43,51)(H,44,48)/t23-,24-,27+,28-,30+,31+,32-,56?/m1/s1. The Morgan fingerprint density at radius 3 is 2.11 bits per heavy atom. The summed E-state index contributed by atoms with van der Waals surface area (Å²) < 4.78 is 70.1. The summed E-state index contributed by atoms with van der Waals surface area (Å²) in [6.07, 6.45) is -5.48. The van der Waals surface area contributed by atoms with Gasteiger partial charge >= 0.3 is 18.2 Å². The Kier molecular flexibility index (Phi) is 18.2. The second kappa shape index (κ2) is 21.1. The molecule has 14 nitrogen and oxygen atoms in total. The van der Waals surface area contributed by atoms with Crippen LogP contribution in [-0.2, 0) is 50.1 Å². The first-order valence-electron chi connectivity index (χ1n) is 18.7. The van der Waals surface area contributed by atoms with Crippen LogP contribution in [0.2, 0.25) is 0 Å². The van der Waals surface area contributed by atoms with E-state index in [1.54, 1.807) is 49.9 Å². The number of rotatable bonds is 18. The van der Waals surface area contributed by atoms with Crippen LogP contribution in [0.4, 0.5) is 23.7 Å². The highest BCUT2D eigenvalue weighted by Gasteiger charge is 2.43. The number of carbonyl (C=O) groups is 5. The molecule has 0 spiro atoms. The predicted octanol–water partition coefficient (Wildman–Crippen LogP) is 4.94. The molecule has 0 bridgehead atoms. The summed E-state index contributed by atoms with van der Waals surface area (Å²) in [6, 6.07) is 3.29. The molecule has 1 unspecified atom stereocenters. The number of hydrogen-bond acceptors (Lipinski definition) is 9. The van der Waals surface area contributed by atoms with E-state index < -0.39 is 76.9 Å². The Hall–Kier alpha value is -3.77. The van der Waals surface area contributed by atoms with Crippen LogP contribution in [0.1, 0.15) is 86.6 Å². The molecular formula is C38H60F3N5O9S. The average molecular weight is 820 g/mol. The molecule has 2 rings (SSSR count). The van der Waals surface area contributed by atoms with Gasteiger partial charge < -0.3 is 34.6 Å². The summed E-state index contributed by atoms with van der Waals surface area (Å²) in [4.78, 5) is 68.4. The number of anilines is 1. The summed E-state index contributed by atoms with van der Waals surface area (Å²) in [5, 5.41) is 4.44. The van der Waals surface area contributed by atoms with E-state index in [-0.39, 0.29) is 41.5 Å². The van der Waals surface area contributed by atoms with Crippen molar-refractivity contribution in [3.8, 4) is 0 Å². The molecule has 5 amide bonds. The van der Waals surface area contributed by atoms with Gasteiger partial charge in [-0.2, -0.15) is 13.2 Å². The highest BCUT2D eigenvalue weighted by molar-refractivity contribution is 7.82. The smallest absolute Gasteiger partial charge is 0.444 e. The first-order valence-corrected chi connectivity index (χ1v) is 20.0. The maximum absolute atomic E-state index is 14.1. The highest BCUT2D eigenvalue weighted by Crippen LogP contribution is 2.30. The van der Waals surface area contributed by atoms with Crippen LogP contribution in [0, 0.1) is 17.8 Å². The van der Waals surface area contributed by atoms with Crippen molar-refractivity contribution in [2.24, 2.45) is 17.8 Å². The zero-order valence-electron chi connectivity index (χ0n) is 34.3. The number of amides is 5. The van der Waals surface area contributed by atoms with Crippen molar-refractivity contribution in [2.45, 2.75) is 129 Å². The lowest BCUT2D eigenvalue weighted by Gasteiger charge is -2.40. The van der Waals surface area contributed by atoms with E-state index in [9.17, 15) is 41.4 Å². The van der Waals surface area contributed by atoms with Gasteiger partial charge in [-0.05, 0) is 63.1 Å². The lowest BCUT2D eigenvalue weighted by molar-refractivity contribution is -0.167. The molecule has 0 aromatic heterocycles. The third kappa shape index (κ3) is 14.0. The minimum Gasteiger partial charge on any atom is -0.444 e. The summed E-state index contributed by atoms with van der Waals surface area (Å²) in [5.41, 5.74) is -0.423. The molecule has 0 aliphatic carbocycles. The number of likely N-dealkylation sites (tertiary alicyclic amines) is 1. The van der Waals surface area contributed by atoms with Gasteiger partial charge in [-0.3, -0.25) is 23.9 Å². The van der Waals surface area contributed by atoms with Crippen molar-refractivity contribution >= 4 is 46.4 Å². The molecule has 318 valence electrons. The molecular weight excluding hydrogens is 760 g/mol. The van der Waals surface area contributed by atoms with Gasteiger partial charge in [0.15, 0.2) is 0 Å². The number of methoxy groups -OCH3 is 2. The van der Waals surface area contributed by atoms with Gasteiger partial charge in [0.2, 0.25) is 17.7 Å². The first kappa shape index (κ1) is 48.4. The number of nitrogens with zero attached hydrogens (tertiary/aromatic N) is 2. The van der Waals surface area contributed by atoms with Crippen molar-refractivity contribution < 1.29 is 55.6 Å². The van der Waals surface area contributed by atoms with Gasteiger partial charge in [-0.25, -0.2) is 9.00 Å². The molecule has 1 fully saturated rings. The topological polar surface area (TPSA) is 173 Å². The third-order valence-electron chi connectivity index (χ3n) is 9.85. The molecule has 8 atom stereocenters. The van der Waals surface area contributed by atoms with Crippen LogP contribution in [0.5, 0.6) is 0 Å². The van der Waals surface area contributed by atoms with Crippen LogP contribution in [0.15, 0.2) is 24.3 Å². The molecule has 1 aromatic carbocycles. The molecule has 56 heavy (non-hydrogen) atoms. The predicted molar refractivity (Wildman–Crippen MR) is 205 cm³/mol. The maximum atomic E-state index is 14.1. The van der Waals surface area contributed by atoms with E-state index in [0.717, 1.165) is 0 Å². The number of carbonyl (C=O) groups excluding carboxylic acids is 5. The minimum absolute atomic E-state index is 0.0782. The largest absolute Gasteiger partial charge is 0.471 e. The van der Waals surface area contributed by atoms with Crippen LogP contribution in [0.25, 0.3) is 0 Å². The van der Waals surface area contributed by atoms with Crippen molar-refractivity contribution in [3.63, 3.8) is 0 Å². The van der Waals surface area contributed by atoms with Gasteiger partial charge in [-0.15, -0.1) is 0 Å². The monoisotopic (exact) mass is 819 g/mol. The Bertz CT molecular complexity index is 1520. The highest BCUT2D eigenvalue weighted by atomic mass is 32.2. The number of likely N-dealkylation sites (N-methyl/N-ethyl adjacent to an activating group) is 1. The molecule has 18 heteroatoms. The summed E-state index contributed by atoms with van der Waals surface area (Å²) in [7, 11) is 2.63. The van der Waals surface area contributed by atoms with Crippen molar-refractivity contribution in [3.05, 3.63) is 29.8 Å². The summed E-state index contributed by atoms with van der Waals surface area (Å²) in [6.45, 7) is 14.8. The molecule has 3 N–H and O–H groups in total. The molecule has 1 aliphatic rings. The van der Waals surface area contributed by atoms with Gasteiger partial charge in [0.1, 0.15) is 22.6 Å². The van der Waals surface area contributed by atoms with Gasteiger partial charge in [-0.1, -0.05) is 53.2 Å². The van der Waals surface area contributed by atoms with Crippen LogP contribution in [0.3, 0.4) is 0 Å². The molecule has 1 saturated heterocycles. The van der Waals surface area contributed by atoms with E-state index in [1.165, 1.54) is 38.5 Å². The molecule has 1 aliphatic heterocycles. The summed E-state index contributed by atoms with van der Waals surface area (Å²) in [5.74, 6) is -4.69. The second-order valence-corrected chi connectivity index (χ2v) is 16.7. The van der Waals surface area contributed by atoms with E-state index in [1.807, 2.05) is 27.7 Å². The zero-order chi connectivity index (χ0) is 42.7. The number of alkyl halides is 3. The van der Waals surface area contributed by atoms with Gasteiger partial charge in [0, 0.05) is 33.5 Å². The molecule has 0 radical (unpaired) electrons. The number of halogens is 3. The fraction of sp³-hybridized carbons (Fsp3) is 0.711. The van der Waals surface area contributed by atoms with Crippen molar-refractivity contribution in [1.29, 1.82) is 0 Å². The minimum atomic E-state index is -5.05. The van der Waals surface area contributed by atoms with Crippen molar-refractivity contribution in [1.82, 2.24) is 19.8 Å². The molecule has 1 aromatic rings. The second-order valence-electron chi connectivity index (χ2n) is 15.6. The van der Waals surface area contributed by atoms with E-state index in [0.29, 0.717) is 31.4 Å². The lowest BCUT2D eigenvalue weighted by atomic mass is 9.89. The van der Waals surface area contributed by atoms with Crippen LogP contribution >= 0.6 is 0 Å². The van der Waals surface area contributed by atoms with E-state index >= 15 is 0 Å². The fourth-order valence-corrected chi connectivity index (χ4v) is 7.73. The third-order valence-corrected chi connectivity index (χ3v) is 10.9. The van der Waals surface area contributed by atoms with E-state index in [4.69, 9.17) is 14.2 Å². The Labute approximate surface area is 330 Å². The molecule has 1 heterocycles. The fourth-order valence-electron chi connectivity index (χ4n) is 6.75. The normalized spacial score (nSPS) is 18.6. The quantitative estimate of drug-likeness (QED) is 0.186. The lowest BCUT2D eigenvalue weighted by Crippen LogP contribution is -2.58. The zero-order valence-corrected chi connectivity index (χ0v) is 35.1. The van der Waals surface area contributed by atoms with Crippen LogP contribution < -0.4 is 15.4 Å². The Morgan fingerprint density at radius 1 is 1.00 bits per heavy atom. The van der Waals surface area contributed by atoms with Crippen molar-refractivity contribution in [2.75, 3.05) is 33.1 Å². The Balaban J connectivity index is 2.16. The number of hydrogen-bond donors (Lipinski definition) is 3. The van der Waals surface area contributed by atoms with E-state index in [2.05, 4.69) is 10.0 Å². The SMILES string of the molecule is CC[C@@H](C)[C@@H]([C@@H](CC(=O)N1CCC[C@H]1[C@H](OC)[C@@H](C)C(=O)NS(=O)Cc1ccc(NC(=O)C(F)(F)F)cc1)OC)N(C)C(=O)[C@@H](NC(=O)OC(C)(C)C)C(C)C. The van der Waals surface area contributed by atoms with Gasteiger partial charge in [0.05, 0.1) is 42.4 Å². The van der Waals surface area contributed by atoms with Gasteiger partial charge in [0.25, 0.3) is 0 Å². The maximum Gasteiger partial charge on any atom is 0.471 e. The number of nitrogens with one attached hydrogen (secondary N) is 3. The average Bonchev–Trinajstić information content (AvgIpc) is 3.59. The number of ether oxygens (including phenoxy) is 3. The Morgan fingerprint density at radius 2 is 1.61 bits per heavy atom.